The summed E-state index contributed by atoms with van der Waals surface area (Å²) in [5.41, 5.74) is -1.24. The highest BCUT2D eigenvalue weighted by Crippen LogP contribution is 2.35. The fraction of sp³-hybridized carbons (Fsp3) is 0.519. The summed E-state index contributed by atoms with van der Waals surface area (Å²) in [4.78, 5) is 17.2. The lowest BCUT2D eigenvalue weighted by molar-refractivity contribution is 0.0288. The molecule has 0 spiro atoms. The van der Waals surface area contributed by atoms with E-state index in [1.807, 2.05) is 16.9 Å². The van der Waals surface area contributed by atoms with Crippen LogP contribution in [0.3, 0.4) is 0 Å². The van der Waals surface area contributed by atoms with Crippen molar-refractivity contribution < 1.29 is 19.0 Å². The van der Waals surface area contributed by atoms with Gasteiger partial charge in [-0.1, -0.05) is 13.0 Å². The van der Waals surface area contributed by atoms with Crippen LogP contribution in [0.1, 0.15) is 82.5 Å². The normalized spacial score (nSPS) is 19.1. The second-order valence-electron chi connectivity index (χ2n) is 10.9. The smallest absolute Gasteiger partial charge is 0.274 e. The van der Waals surface area contributed by atoms with E-state index < -0.39 is 17.2 Å². The number of hydrogen-bond acceptors (Lipinski definition) is 5. The molecule has 0 radical (unpaired) electrons. The first kappa shape index (κ1) is 25.1. The van der Waals surface area contributed by atoms with Crippen LogP contribution in [0.4, 0.5) is 10.1 Å². The number of aliphatic hydroxyl groups is 1. The minimum absolute atomic E-state index is 0.0341. The first-order valence-corrected chi connectivity index (χ1v) is 12.2. The molecule has 2 N–H and O–H groups in total. The van der Waals surface area contributed by atoms with E-state index in [4.69, 9.17) is 9.84 Å². The maximum atomic E-state index is 14.4. The quantitative estimate of drug-likeness (QED) is 0.445. The van der Waals surface area contributed by atoms with Gasteiger partial charge >= 0.3 is 0 Å². The number of nitrogens with one attached hydrogen (secondary N) is 1. The van der Waals surface area contributed by atoms with E-state index in [0.29, 0.717) is 17.5 Å². The van der Waals surface area contributed by atoms with Crippen LogP contribution in [-0.2, 0) is 5.67 Å². The highest BCUT2D eigenvalue weighted by Gasteiger charge is 2.24. The second-order valence-corrected chi connectivity index (χ2v) is 10.9. The molecule has 8 heteroatoms. The Morgan fingerprint density at radius 2 is 1.91 bits per heavy atom. The van der Waals surface area contributed by atoms with Gasteiger partial charge in [0.05, 0.1) is 28.5 Å². The van der Waals surface area contributed by atoms with Gasteiger partial charge in [-0.3, -0.25) is 9.48 Å². The van der Waals surface area contributed by atoms with Gasteiger partial charge in [0.2, 0.25) is 0 Å². The number of carbonyl (C=O) groups is 1. The number of fused-ring (bicyclic) bond motifs is 1. The van der Waals surface area contributed by atoms with Gasteiger partial charge in [-0.25, -0.2) is 9.37 Å². The largest absolute Gasteiger partial charge is 0.488 e. The molecule has 2 heterocycles. The van der Waals surface area contributed by atoms with E-state index in [1.54, 1.807) is 38.1 Å². The first-order chi connectivity index (χ1) is 16.4. The van der Waals surface area contributed by atoms with Crippen molar-refractivity contribution in [3.05, 3.63) is 47.9 Å². The van der Waals surface area contributed by atoms with Gasteiger partial charge < -0.3 is 15.2 Å². The Morgan fingerprint density at radius 3 is 2.57 bits per heavy atom. The van der Waals surface area contributed by atoms with Crippen molar-refractivity contribution in [1.82, 2.24) is 14.8 Å². The van der Waals surface area contributed by atoms with Crippen LogP contribution in [-0.4, -0.2) is 38.0 Å². The number of alkyl halides is 1. The van der Waals surface area contributed by atoms with Crippen molar-refractivity contribution in [3.8, 4) is 5.75 Å². The number of rotatable bonds is 7. The average molecular weight is 483 g/mol. The summed E-state index contributed by atoms with van der Waals surface area (Å²) in [5.74, 6) is 0.671. The number of nitrogens with zero attached hydrogens (tertiary/aromatic N) is 3. The van der Waals surface area contributed by atoms with Gasteiger partial charge in [0, 0.05) is 17.6 Å². The van der Waals surface area contributed by atoms with Crippen molar-refractivity contribution in [2.75, 3.05) is 11.9 Å². The zero-order valence-electron chi connectivity index (χ0n) is 21.1. The highest BCUT2D eigenvalue weighted by molar-refractivity contribution is 6.05. The Balaban J connectivity index is 1.65. The van der Waals surface area contributed by atoms with Gasteiger partial charge in [-0.15, -0.1) is 0 Å². The number of anilines is 1. The van der Waals surface area contributed by atoms with Crippen LogP contribution in [0.25, 0.3) is 10.9 Å². The zero-order chi connectivity index (χ0) is 25.4. The van der Waals surface area contributed by atoms with Crippen LogP contribution >= 0.6 is 0 Å². The number of benzene rings is 1. The van der Waals surface area contributed by atoms with Gasteiger partial charge in [-0.05, 0) is 77.5 Å². The first-order valence-electron chi connectivity index (χ1n) is 12.2. The maximum Gasteiger partial charge on any atom is 0.274 e. The van der Waals surface area contributed by atoms with Crippen LogP contribution < -0.4 is 10.1 Å². The molecule has 1 fully saturated rings. The molecule has 4 rings (SSSR count). The Bertz CT molecular complexity index is 1200. The SMILES string of the molecule is CC1CCC(n2cc3cc(NC(=O)c4cccc(C(C)(C)F)n4)c(OCC(C)(C)O)cc3n2)CC1. The fourth-order valence-electron chi connectivity index (χ4n) is 4.32. The lowest BCUT2D eigenvalue weighted by Gasteiger charge is -2.26. The van der Waals surface area contributed by atoms with Crippen molar-refractivity contribution in [2.24, 2.45) is 5.92 Å². The van der Waals surface area contributed by atoms with Crippen LogP contribution in [0.5, 0.6) is 5.75 Å². The molecule has 3 aromatic rings. The molecule has 35 heavy (non-hydrogen) atoms. The molecule has 7 nitrogen and oxygen atoms in total. The molecular formula is C27H35FN4O3. The Morgan fingerprint density at radius 1 is 1.20 bits per heavy atom. The number of carbonyl (C=O) groups excluding carboxylic acids is 1. The van der Waals surface area contributed by atoms with Crippen molar-refractivity contribution in [2.45, 2.75) is 77.6 Å². The van der Waals surface area contributed by atoms with Gasteiger partial charge in [0.15, 0.2) is 0 Å². The number of halogens is 1. The Kier molecular flexibility index (Phi) is 6.86. The van der Waals surface area contributed by atoms with Crippen LogP contribution in [0.15, 0.2) is 36.5 Å². The molecule has 2 aromatic heterocycles. The summed E-state index contributed by atoms with van der Waals surface area (Å²) in [6.45, 7) is 8.42. The van der Waals surface area contributed by atoms with E-state index in [2.05, 4.69) is 17.2 Å². The third-order valence-corrected chi connectivity index (χ3v) is 6.40. The van der Waals surface area contributed by atoms with Gasteiger partial charge in [0.25, 0.3) is 5.91 Å². The maximum absolute atomic E-state index is 14.4. The molecule has 188 valence electrons. The monoisotopic (exact) mass is 482 g/mol. The predicted octanol–water partition coefficient (Wildman–Crippen LogP) is 5.79. The summed E-state index contributed by atoms with van der Waals surface area (Å²) in [6, 6.07) is 8.68. The van der Waals surface area contributed by atoms with E-state index >= 15 is 0 Å². The Hall–Kier alpha value is -3.00. The third kappa shape index (κ3) is 6.17. The number of ether oxygens (including phenoxy) is 1. The second kappa shape index (κ2) is 9.57. The lowest BCUT2D eigenvalue weighted by atomic mass is 9.87. The number of amides is 1. The number of aromatic nitrogens is 3. The fourth-order valence-corrected chi connectivity index (χ4v) is 4.32. The summed E-state index contributed by atoms with van der Waals surface area (Å²) >= 11 is 0. The van der Waals surface area contributed by atoms with Crippen LogP contribution in [0, 0.1) is 5.92 Å². The lowest BCUT2D eigenvalue weighted by Crippen LogP contribution is -2.28. The van der Waals surface area contributed by atoms with Gasteiger partial charge in [0.1, 0.15) is 23.7 Å². The van der Waals surface area contributed by atoms with E-state index in [9.17, 15) is 14.3 Å². The number of hydrogen-bond donors (Lipinski definition) is 2. The molecule has 1 aromatic carbocycles. The molecule has 0 saturated heterocycles. The third-order valence-electron chi connectivity index (χ3n) is 6.40. The minimum Gasteiger partial charge on any atom is -0.488 e. The van der Waals surface area contributed by atoms with Crippen molar-refractivity contribution in [3.63, 3.8) is 0 Å². The molecule has 0 aliphatic heterocycles. The highest BCUT2D eigenvalue weighted by atomic mass is 19.1. The topological polar surface area (TPSA) is 89.3 Å². The van der Waals surface area contributed by atoms with Crippen molar-refractivity contribution >= 4 is 22.5 Å². The van der Waals surface area contributed by atoms with E-state index in [1.165, 1.54) is 26.7 Å². The summed E-state index contributed by atoms with van der Waals surface area (Å²) in [5, 5.41) is 18.7. The average Bonchev–Trinajstić information content (AvgIpc) is 3.19. The molecule has 1 amide bonds. The molecule has 0 bridgehead atoms. The molecule has 1 aliphatic carbocycles. The summed E-state index contributed by atoms with van der Waals surface area (Å²) < 4.78 is 22.3. The summed E-state index contributed by atoms with van der Waals surface area (Å²) in [6.07, 6.45) is 6.56. The molecular weight excluding hydrogens is 447 g/mol. The Labute approximate surface area is 205 Å². The van der Waals surface area contributed by atoms with Gasteiger partial charge in [-0.2, -0.15) is 5.10 Å². The summed E-state index contributed by atoms with van der Waals surface area (Å²) in [7, 11) is 0. The minimum atomic E-state index is -1.67. The van der Waals surface area contributed by atoms with Crippen LogP contribution in [0.2, 0.25) is 0 Å². The van der Waals surface area contributed by atoms with E-state index in [-0.39, 0.29) is 18.0 Å². The van der Waals surface area contributed by atoms with Crippen molar-refractivity contribution in [1.29, 1.82) is 0 Å². The zero-order valence-corrected chi connectivity index (χ0v) is 21.1. The molecule has 0 unspecified atom stereocenters. The number of pyridine rings is 1. The molecule has 1 saturated carbocycles. The molecule has 0 atom stereocenters. The molecule has 1 aliphatic rings. The predicted molar refractivity (Wildman–Crippen MR) is 135 cm³/mol. The standard InChI is InChI=1S/C27H35FN4O3/c1-17-9-11-19(12-10-17)32-15-18-13-22(23(14-21(18)31-32)35-16-26(2,3)34)30-25(33)20-7-6-8-24(29-20)27(4,5)28/h6-8,13-15,17,19,34H,9-12,16H2,1-5H3,(H,30,33). The van der Waals surface area contributed by atoms with E-state index in [0.717, 1.165) is 29.7 Å².